The number of nitriles is 1. The number of hydrogen-bond donors (Lipinski definition) is 1. The van der Waals surface area contributed by atoms with Crippen molar-refractivity contribution >= 4 is 27.5 Å². The van der Waals surface area contributed by atoms with Gasteiger partial charge >= 0.3 is 0 Å². The number of benzene rings is 3. The normalized spacial score (nSPS) is 15.5. The van der Waals surface area contributed by atoms with Crippen molar-refractivity contribution in [3.63, 3.8) is 0 Å². The second-order valence-electron chi connectivity index (χ2n) is 13.1. The number of piperidine rings is 1. The van der Waals surface area contributed by atoms with Crippen LogP contribution in [0.3, 0.4) is 0 Å². The minimum atomic E-state index is -4.03. The lowest BCUT2D eigenvalue weighted by atomic mass is 9.96. The molecule has 272 valence electrons. The quantitative estimate of drug-likeness (QED) is 0.166. The highest BCUT2D eigenvalue weighted by molar-refractivity contribution is 7.90. The number of fused-ring (bicyclic) bond motifs is 1. The van der Waals surface area contributed by atoms with Gasteiger partial charge in [0.1, 0.15) is 44.0 Å². The number of halogens is 1. The number of ether oxygens (including phenoxy) is 4. The number of carbonyl (C=O) groups is 1. The van der Waals surface area contributed by atoms with Gasteiger partial charge in [0.2, 0.25) is 10.0 Å². The Labute approximate surface area is 309 Å². The molecule has 1 atom stereocenters. The molecule has 0 bridgehead atoms. The number of hydrogen-bond acceptors (Lipinski definition) is 10. The van der Waals surface area contributed by atoms with Crippen molar-refractivity contribution in [2.45, 2.75) is 71.1 Å². The van der Waals surface area contributed by atoms with Gasteiger partial charge in [0.05, 0.1) is 28.4 Å². The summed E-state index contributed by atoms with van der Waals surface area (Å²) in [5.74, 6) is 1.49. The summed E-state index contributed by atoms with van der Waals surface area (Å²) >= 11 is 6.83. The SMILES string of the molecule is Cc1c(COc2cc(OCc3cncc(C#N)c3)c(CN(C(=O)[C@@H]3CCCCN3)S(=O)(=O)C(C)C)cc2Cl)cccc1-c1ccc2c(c1)OCCO2. The third-order valence-electron chi connectivity index (χ3n) is 9.19. The van der Waals surface area contributed by atoms with Gasteiger partial charge in [-0.05, 0) is 86.7 Å². The molecule has 4 aromatic rings. The largest absolute Gasteiger partial charge is 0.488 e. The minimum absolute atomic E-state index is 0.0162. The lowest BCUT2D eigenvalue weighted by molar-refractivity contribution is -0.129. The van der Waals surface area contributed by atoms with E-state index in [9.17, 15) is 18.5 Å². The Balaban J connectivity index is 1.30. The summed E-state index contributed by atoms with van der Waals surface area (Å²) in [7, 11) is -4.03. The van der Waals surface area contributed by atoms with E-state index in [0.717, 1.165) is 45.2 Å². The van der Waals surface area contributed by atoms with Gasteiger partial charge in [-0.25, -0.2) is 12.7 Å². The third-order valence-corrected chi connectivity index (χ3v) is 11.6. The van der Waals surface area contributed by atoms with Gasteiger partial charge in [-0.15, -0.1) is 0 Å². The maximum absolute atomic E-state index is 13.8. The lowest BCUT2D eigenvalue weighted by Gasteiger charge is -2.31. The van der Waals surface area contributed by atoms with Gasteiger partial charge in [-0.2, -0.15) is 5.26 Å². The molecule has 3 aromatic carbocycles. The number of nitrogens with zero attached hydrogens (tertiary/aromatic N) is 3. The van der Waals surface area contributed by atoms with E-state index in [1.54, 1.807) is 38.2 Å². The van der Waals surface area contributed by atoms with Crippen LogP contribution in [0, 0.1) is 18.3 Å². The summed E-state index contributed by atoms with van der Waals surface area (Å²) < 4.78 is 52.3. The molecule has 0 radical (unpaired) electrons. The highest BCUT2D eigenvalue weighted by Gasteiger charge is 2.36. The number of sulfonamides is 1. The molecule has 0 unspecified atom stereocenters. The summed E-state index contributed by atoms with van der Waals surface area (Å²) in [6.07, 6.45) is 5.31. The van der Waals surface area contributed by atoms with E-state index in [2.05, 4.69) is 16.4 Å². The number of rotatable bonds is 12. The Bertz CT molecular complexity index is 2090. The third kappa shape index (κ3) is 8.28. The molecule has 1 aromatic heterocycles. The summed E-state index contributed by atoms with van der Waals surface area (Å²) in [6.45, 7) is 6.67. The first-order valence-electron chi connectivity index (χ1n) is 17.2. The van der Waals surface area contributed by atoms with Crippen molar-refractivity contribution in [3.05, 3.63) is 99.8 Å². The highest BCUT2D eigenvalue weighted by Crippen LogP contribution is 2.38. The van der Waals surface area contributed by atoms with Crippen LogP contribution in [-0.2, 0) is 34.6 Å². The smallest absolute Gasteiger partial charge is 0.253 e. The van der Waals surface area contributed by atoms with Crippen molar-refractivity contribution in [2.24, 2.45) is 0 Å². The molecule has 52 heavy (non-hydrogen) atoms. The minimum Gasteiger partial charge on any atom is -0.488 e. The molecule has 6 rings (SSSR count). The molecule has 0 spiro atoms. The molecular weight excluding hydrogens is 704 g/mol. The average molecular weight is 745 g/mol. The molecule has 11 nitrogen and oxygen atoms in total. The second kappa shape index (κ2) is 16.2. The molecule has 1 saturated heterocycles. The number of carbonyl (C=O) groups excluding carboxylic acids is 1. The van der Waals surface area contributed by atoms with E-state index in [-0.39, 0.29) is 30.5 Å². The molecule has 1 amide bonds. The fourth-order valence-electron chi connectivity index (χ4n) is 6.19. The average Bonchev–Trinajstić information content (AvgIpc) is 3.16. The highest BCUT2D eigenvalue weighted by atomic mass is 35.5. The Morgan fingerprint density at radius 3 is 2.56 bits per heavy atom. The Kier molecular flexibility index (Phi) is 11.5. The van der Waals surface area contributed by atoms with E-state index in [1.807, 2.05) is 43.3 Å². The van der Waals surface area contributed by atoms with Gasteiger partial charge in [-0.1, -0.05) is 42.3 Å². The van der Waals surface area contributed by atoms with Crippen molar-refractivity contribution < 1.29 is 32.2 Å². The summed E-state index contributed by atoms with van der Waals surface area (Å²) in [4.78, 5) is 17.9. The molecular formula is C39H41ClN4O7S. The van der Waals surface area contributed by atoms with Crippen LogP contribution in [0.1, 0.15) is 60.9 Å². The van der Waals surface area contributed by atoms with Crippen LogP contribution in [0.5, 0.6) is 23.0 Å². The first-order valence-corrected chi connectivity index (χ1v) is 19.1. The van der Waals surface area contributed by atoms with Crippen molar-refractivity contribution in [1.82, 2.24) is 14.6 Å². The summed E-state index contributed by atoms with van der Waals surface area (Å²) in [5, 5.41) is 11.9. The first-order chi connectivity index (χ1) is 25.0. The molecule has 2 aliphatic rings. The summed E-state index contributed by atoms with van der Waals surface area (Å²) in [5.41, 5.74) is 5.31. The van der Waals surface area contributed by atoms with Crippen LogP contribution < -0.4 is 24.3 Å². The molecule has 3 heterocycles. The van der Waals surface area contributed by atoms with Gasteiger partial charge in [0.15, 0.2) is 11.5 Å². The zero-order valence-corrected chi connectivity index (χ0v) is 30.9. The zero-order chi connectivity index (χ0) is 36.8. The van der Waals surface area contributed by atoms with Crippen LogP contribution in [-0.4, -0.2) is 54.7 Å². The maximum atomic E-state index is 13.8. The number of amides is 1. The van der Waals surface area contributed by atoms with Crippen LogP contribution in [0.2, 0.25) is 5.02 Å². The molecule has 13 heteroatoms. The van der Waals surface area contributed by atoms with Crippen LogP contribution in [0.25, 0.3) is 11.1 Å². The van der Waals surface area contributed by atoms with E-state index in [1.165, 1.54) is 6.20 Å². The molecule has 1 N–H and O–H groups in total. The molecule has 0 aliphatic carbocycles. The van der Waals surface area contributed by atoms with Crippen molar-refractivity contribution in [3.8, 4) is 40.2 Å². The molecule has 1 fully saturated rings. The fourth-order valence-corrected chi connectivity index (χ4v) is 7.64. The monoisotopic (exact) mass is 744 g/mol. The predicted molar refractivity (Wildman–Crippen MR) is 197 cm³/mol. The van der Waals surface area contributed by atoms with Crippen molar-refractivity contribution in [1.29, 1.82) is 5.26 Å². The Hall–Kier alpha value is -4.83. The summed E-state index contributed by atoms with van der Waals surface area (Å²) in [6, 6.07) is 18.2. The first kappa shape index (κ1) is 36.9. The number of aromatic nitrogens is 1. The Morgan fingerprint density at radius 2 is 1.81 bits per heavy atom. The Morgan fingerprint density at radius 1 is 1.02 bits per heavy atom. The molecule has 2 aliphatic heterocycles. The topological polar surface area (TPSA) is 140 Å². The van der Waals surface area contributed by atoms with Crippen molar-refractivity contribution in [2.75, 3.05) is 19.8 Å². The van der Waals surface area contributed by atoms with E-state index in [4.69, 9.17) is 30.5 Å². The van der Waals surface area contributed by atoms with Gasteiger partial charge in [0, 0.05) is 29.6 Å². The fraction of sp³-hybridized carbons (Fsp3) is 0.359. The molecule has 0 saturated carbocycles. The number of pyridine rings is 1. The van der Waals surface area contributed by atoms with Gasteiger partial charge in [0.25, 0.3) is 5.91 Å². The van der Waals surface area contributed by atoms with E-state index >= 15 is 0 Å². The maximum Gasteiger partial charge on any atom is 0.253 e. The van der Waals surface area contributed by atoms with Gasteiger partial charge in [-0.3, -0.25) is 9.78 Å². The van der Waals surface area contributed by atoms with E-state index in [0.29, 0.717) is 54.4 Å². The zero-order valence-electron chi connectivity index (χ0n) is 29.4. The second-order valence-corrected chi connectivity index (χ2v) is 15.9. The standard InChI is InChI=1S/C39H41ClN4O7S/c1-25(2)52(46,47)44(39(45)34-9-4-5-12-43-34)22-31-16-33(40)37(18-36(31)50-23-28-15-27(19-41)20-42-21-28)51-24-30-7-6-8-32(26(30)3)29-10-11-35-38(17-29)49-14-13-48-35/h6-8,10-11,15-18,20-21,25,34,43H,4-5,9,12-14,22-24H2,1-3H3/t34-/m0/s1. The van der Waals surface area contributed by atoms with Crippen LogP contribution >= 0.6 is 11.6 Å². The van der Waals surface area contributed by atoms with Gasteiger partial charge < -0.3 is 24.3 Å². The lowest BCUT2D eigenvalue weighted by Crippen LogP contribution is -2.51. The van der Waals surface area contributed by atoms with Crippen LogP contribution in [0.4, 0.5) is 0 Å². The predicted octanol–water partition coefficient (Wildman–Crippen LogP) is 6.72. The number of nitrogens with one attached hydrogen (secondary N) is 1. The van der Waals surface area contributed by atoms with Crippen LogP contribution in [0.15, 0.2) is 67.0 Å². The van der Waals surface area contributed by atoms with E-state index < -0.39 is 27.2 Å².